The van der Waals surface area contributed by atoms with Crippen LogP contribution in [0.25, 0.3) is 10.9 Å². The number of nitrogens with one attached hydrogen (secondary N) is 4. The smallest absolute Gasteiger partial charge is 0.328 e. The number of hydrogen-bond acceptors (Lipinski definition) is 7. The van der Waals surface area contributed by atoms with Crippen molar-refractivity contribution >= 4 is 34.6 Å². The molecule has 35 heavy (non-hydrogen) atoms. The van der Waals surface area contributed by atoms with Gasteiger partial charge in [-0.1, -0.05) is 32.0 Å². The van der Waals surface area contributed by atoms with Crippen molar-refractivity contribution in [3.63, 3.8) is 0 Å². The summed E-state index contributed by atoms with van der Waals surface area (Å²) in [5.74, 6) is -3.66. The first-order valence-electron chi connectivity index (χ1n) is 11.2. The van der Waals surface area contributed by atoms with E-state index in [-0.39, 0.29) is 12.3 Å². The fourth-order valence-corrected chi connectivity index (χ4v) is 3.55. The molecule has 4 atom stereocenters. The maximum Gasteiger partial charge on any atom is 0.328 e. The van der Waals surface area contributed by atoms with Crippen LogP contribution in [0.4, 0.5) is 0 Å². The van der Waals surface area contributed by atoms with Gasteiger partial charge in [-0.3, -0.25) is 14.4 Å². The predicted molar refractivity (Wildman–Crippen MR) is 127 cm³/mol. The van der Waals surface area contributed by atoms with Gasteiger partial charge in [0.15, 0.2) is 0 Å². The lowest BCUT2D eigenvalue weighted by molar-refractivity contribution is -0.143. The molecule has 1 aromatic carbocycles. The molecule has 0 saturated carbocycles. The molecule has 2 rings (SSSR count). The van der Waals surface area contributed by atoms with Gasteiger partial charge in [-0.25, -0.2) is 4.79 Å². The number of benzene rings is 1. The number of carbonyl (C=O) groups excluding carboxylic acids is 3. The van der Waals surface area contributed by atoms with Crippen LogP contribution in [-0.4, -0.2) is 81.4 Å². The average Bonchev–Trinajstić information content (AvgIpc) is 3.22. The van der Waals surface area contributed by atoms with Crippen molar-refractivity contribution in [2.24, 2.45) is 11.7 Å². The van der Waals surface area contributed by atoms with Gasteiger partial charge in [-0.2, -0.15) is 0 Å². The highest BCUT2D eigenvalue weighted by molar-refractivity contribution is 5.95. The van der Waals surface area contributed by atoms with E-state index in [1.807, 2.05) is 43.4 Å². The largest absolute Gasteiger partial charge is 0.480 e. The van der Waals surface area contributed by atoms with Crippen LogP contribution in [0.1, 0.15) is 25.8 Å². The van der Waals surface area contributed by atoms with Gasteiger partial charge in [0.05, 0.1) is 19.3 Å². The number of carboxylic acids is 1. The third-order valence-electron chi connectivity index (χ3n) is 5.41. The summed E-state index contributed by atoms with van der Waals surface area (Å²) in [5.41, 5.74) is 7.54. The lowest BCUT2D eigenvalue weighted by Crippen LogP contribution is -2.59. The fourth-order valence-electron chi connectivity index (χ4n) is 3.55. The number of amides is 3. The number of aliphatic hydroxyl groups excluding tert-OH is 2. The van der Waals surface area contributed by atoms with Crippen molar-refractivity contribution in [3.05, 3.63) is 36.0 Å². The minimum Gasteiger partial charge on any atom is -0.480 e. The molecule has 0 fully saturated rings. The molecule has 2 aromatic rings. The molecular weight excluding hydrogens is 458 g/mol. The van der Waals surface area contributed by atoms with Gasteiger partial charge in [-0.15, -0.1) is 0 Å². The second-order valence-corrected chi connectivity index (χ2v) is 8.69. The molecule has 0 bridgehead atoms. The van der Waals surface area contributed by atoms with Crippen LogP contribution in [0.5, 0.6) is 0 Å². The van der Waals surface area contributed by atoms with Crippen LogP contribution in [0, 0.1) is 5.92 Å². The number of carbonyl (C=O) groups is 4. The van der Waals surface area contributed by atoms with Crippen LogP contribution in [0.3, 0.4) is 0 Å². The van der Waals surface area contributed by atoms with E-state index in [1.165, 1.54) is 0 Å². The SMILES string of the molecule is CC(C)CC(N)C(=O)NC(Cc1c[nH]c2ccccc12)C(=O)NC(CO)C(=O)NC(CO)C(=O)O. The summed E-state index contributed by atoms with van der Waals surface area (Å²) in [4.78, 5) is 52.3. The van der Waals surface area contributed by atoms with Gasteiger partial charge in [0.1, 0.15) is 18.1 Å². The number of hydrogen-bond donors (Lipinski definition) is 8. The number of aromatic nitrogens is 1. The summed E-state index contributed by atoms with van der Waals surface area (Å²) in [7, 11) is 0. The van der Waals surface area contributed by atoms with Crippen molar-refractivity contribution in [1.82, 2.24) is 20.9 Å². The minimum atomic E-state index is -1.61. The number of aromatic amines is 1. The Labute approximate surface area is 202 Å². The summed E-state index contributed by atoms with van der Waals surface area (Å²) in [6.07, 6.45) is 2.16. The fraction of sp³-hybridized carbons (Fsp3) is 0.478. The zero-order valence-electron chi connectivity index (χ0n) is 19.7. The number of aliphatic hydroxyl groups is 2. The zero-order chi connectivity index (χ0) is 26.1. The molecule has 0 radical (unpaired) electrons. The van der Waals surface area contributed by atoms with E-state index in [0.717, 1.165) is 16.5 Å². The van der Waals surface area contributed by atoms with Crippen LogP contribution in [-0.2, 0) is 25.6 Å². The molecule has 1 aromatic heterocycles. The topological polar surface area (TPSA) is 207 Å². The average molecular weight is 492 g/mol. The van der Waals surface area contributed by atoms with E-state index in [4.69, 9.17) is 15.9 Å². The molecule has 4 unspecified atom stereocenters. The van der Waals surface area contributed by atoms with Crippen molar-refractivity contribution in [3.8, 4) is 0 Å². The molecule has 1 heterocycles. The lowest BCUT2D eigenvalue weighted by Gasteiger charge is -2.24. The molecule has 0 saturated heterocycles. The van der Waals surface area contributed by atoms with Gasteiger partial charge >= 0.3 is 5.97 Å². The number of carboxylic acid groups (broad SMARTS) is 1. The van der Waals surface area contributed by atoms with E-state index in [1.54, 1.807) is 6.20 Å². The van der Waals surface area contributed by atoms with E-state index in [9.17, 15) is 24.3 Å². The molecule has 12 heteroatoms. The third-order valence-corrected chi connectivity index (χ3v) is 5.41. The van der Waals surface area contributed by atoms with E-state index < -0.39 is 61.1 Å². The monoisotopic (exact) mass is 491 g/mol. The Morgan fingerprint density at radius 1 is 0.914 bits per heavy atom. The summed E-state index contributed by atoms with van der Waals surface area (Å²) < 4.78 is 0. The number of rotatable bonds is 13. The normalized spacial score (nSPS) is 14.7. The number of nitrogens with two attached hydrogens (primary N) is 1. The summed E-state index contributed by atoms with van der Waals surface area (Å²) in [5, 5.41) is 35.6. The Morgan fingerprint density at radius 3 is 2.09 bits per heavy atom. The summed E-state index contributed by atoms with van der Waals surface area (Å²) in [6, 6.07) is 2.27. The van der Waals surface area contributed by atoms with Crippen LogP contribution < -0.4 is 21.7 Å². The van der Waals surface area contributed by atoms with Crippen LogP contribution in [0.15, 0.2) is 30.5 Å². The lowest BCUT2D eigenvalue weighted by atomic mass is 10.0. The summed E-state index contributed by atoms with van der Waals surface area (Å²) >= 11 is 0. The molecule has 192 valence electrons. The molecule has 0 aliphatic rings. The highest BCUT2D eigenvalue weighted by Gasteiger charge is 2.30. The van der Waals surface area contributed by atoms with Crippen LogP contribution in [0.2, 0.25) is 0 Å². The Balaban J connectivity index is 2.23. The highest BCUT2D eigenvalue weighted by Crippen LogP contribution is 2.19. The van der Waals surface area contributed by atoms with Crippen LogP contribution >= 0.6 is 0 Å². The molecule has 12 nitrogen and oxygen atoms in total. The molecule has 9 N–H and O–H groups in total. The van der Waals surface area contributed by atoms with Gasteiger partial charge in [-0.05, 0) is 24.0 Å². The number of para-hydroxylation sites is 1. The molecular formula is C23H33N5O7. The first-order valence-corrected chi connectivity index (χ1v) is 11.2. The number of fused-ring (bicyclic) bond motifs is 1. The first kappa shape index (κ1) is 27.8. The van der Waals surface area contributed by atoms with E-state index in [0.29, 0.717) is 6.42 Å². The maximum absolute atomic E-state index is 13.1. The molecule has 0 aliphatic heterocycles. The molecule has 3 amide bonds. The standard InChI is InChI=1S/C23H33N5O7/c1-12(2)7-15(24)20(31)26-17(8-13-9-25-16-6-4-3-5-14(13)16)21(32)27-18(10-29)22(33)28-19(11-30)23(34)35/h3-6,9,12,15,17-19,25,29-30H,7-8,10-11,24H2,1-2H3,(H,26,31)(H,27,32)(H,28,33)(H,34,35). The van der Waals surface area contributed by atoms with Gasteiger partial charge in [0.2, 0.25) is 17.7 Å². The van der Waals surface area contributed by atoms with Crippen molar-refractivity contribution < 1.29 is 34.5 Å². The first-order chi connectivity index (χ1) is 16.6. The predicted octanol–water partition coefficient (Wildman–Crippen LogP) is -1.39. The Kier molecular flexibility index (Phi) is 10.2. The quantitative estimate of drug-likeness (QED) is 0.167. The van der Waals surface area contributed by atoms with Gasteiger partial charge in [0.25, 0.3) is 0 Å². The number of H-pyrrole nitrogens is 1. The second kappa shape index (κ2) is 12.8. The maximum atomic E-state index is 13.1. The van der Waals surface area contributed by atoms with Crippen molar-refractivity contribution in [1.29, 1.82) is 0 Å². The van der Waals surface area contributed by atoms with E-state index in [2.05, 4.69) is 15.6 Å². The minimum absolute atomic E-state index is 0.0597. The Bertz CT molecular complexity index is 1040. The second-order valence-electron chi connectivity index (χ2n) is 8.69. The number of aliphatic carboxylic acids is 1. The zero-order valence-corrected chi connectivity index (χ0v) is 19.7. The van der Waals surface area contributed by atoms with Crippen molar-refractivity contribution in [2.45, 2.75) is 50.9 Å². The van der Waals surface area contributed by atoms with Crippen molar-refractivity contribution in [2.75, 3.05) is 13.2 Å². The summed E-state index contributed by atoms with van der Waals surface area (Å²) in [6.45, 7) is 2.10. The Hall–Kier alpha value is -3.48. The Morgan fingerprint density at radius 2 is 1.49 bits per heavy atom. The third kappa shape index (κ3) is 7.77. The highest BCUT2D eigenvalue weighted by atomic mass is 16.4. The van der Waals surface area contributed by atoms with Gasteiger partial charge in [0, 0.05) is 23.5 Å². The van der Waals surface area contributed by atoms with E-state index >= 15 is 0 Å². The van der Waals surface area contributed by atoms with Gasteiger partial charge < -0.3 is 42.0 Å². The molecule has 0 aliphatic carbocycles. The molecule has 0 spiro atoms.